The Morgan fingerprint density at radius 2 is 2.10 bits per heavy atom. The van der Waals surface area contributed by atoms with Crippen LogP contribution in [0.25, 0.3) is 0 Å². The van der Waals surface area contributed by atoms with Crippen LogP contribution in [0.3, 0.4) is 0 Å². The fraction of sp³-hybridized carbons (Fsp3) is 0.500. The van der Waals surface area contributed by atoms with E-state index in [1.807, 2.05) is 18.2 Å². The Morgan fingerprint density at radius 1 is 1.40 bits per heavy atom. The van der Waals surface area contributed by atoms with Crippen LogP contribution in [0.1, 0.15) is 19.5 Å². The van der Waals surface area contributed by atoms with Crippen LogP contribution in [0.15, 0.2) is 24.4 Å². The molecule has 0 saturated heterocycles. The molecule has 0 aromatic carbocycles. The molecular formula is C14H21N3O3. The SMILES string of the molecule is CC(C)[C@@H](NC(=O)N(C)CCc1ccccn1)C(=O)O. The number of urea groups is 1. The Labute approximate surface area is 118 Å². The maximum absolute atomic E-state index is 11.9. The highest BCUT2D eigenvalue weighted by Gasteiger charge is 2.24. The number of aromatic nitrogens is 1. The molecule has 2 N–H and O–H groups in total. The largest absolute Gasteiger partial charge is 0.480 e. The molecule has 2 amide bonds. The third kappa shape index (κ3) is 4.87. The first-order chi connectivity index (χ1) is 9.41. The lowest BCUT2D eigenvalue weighted by Crippen LogP contribution is -2.49. The van der Waals surface area contributed by atoms with E-state index in [1.165, 1.54) is 4.90 Å². The second kappa shape index (κ2) is 7.47. The second-order valence-electron chi connectivity index (χ2n) is 5.00. The van der Waals surface area contributed by atoms with Gasteiger partial charge in [0.05, 0.1) is 0 Å². The van der Waals surface area contributed by atoms with E-state index in [4.69, 9.17) is 5.11 Å². The lowest BCUT2D eigenvalue weighted by Gasteiger charge is -2.23. The minimum Gasteiger partial charge on any atom is -0.480 e. The van der Waals surface area contributed by atoms with Crippen molar-refractivity contribution < 1.29 is 14.7 Å². The minimum absolute atomic E-state index is 0.166. The molecule has 0 unspecified atom stereocenters. The molecular weight excluding hydrogens is 258 g/mol. The topological polar surface area (TPSA) is 82.5 Å². The molecule has 1 aromatic heterocycles. The minimum atomic E-state index is -1.02. The number of nitrogens with zero attached hydrogens (tertiary/aromatic N) is 2. The molecule has 0 bridgehead atoms. The van der Waals surface area contributed by atoms with Gasteiger partial charge in [-0.3, -0.25) is 4.98 Å². The van der Waals surface area contributed by atoms with Gasteiger partial charge in [-0.15, -0.1) is 0 Å². The Balaban J connectivity index is 2.48. The molecule has 0 aliphatic heterocycles. The van der Waals surface area contributed by atoms with Crippen LogP contribution in [0.2, 0.25) is 0 Å². The number of carbonyl (C=O) groups is 2. The van der Waals surface area contributed by atoms with E-state index in [0.717, 1.165) is 5.69 Å². The van der Waals surface area contributed by atoms with Gasteiger partial charge in [0.15, 0.2) is 0 Å². The summed E-state index contributed by atoms with van der Waals surface area (Å²) in [4.78, 5) is 28.6. The van der Waals surface area contributed by atoms with Gasteiger partial charge >= 0.3 is 12.0 Å². The average Bonchev–Trinajstić information content (AvgIpc) is 2.42. The average molecular weight is 279 g/mol. The number of carbonyl (C=O) groups excluding carboxylic acids is 1. The van der Waals surface area contributed by atoms with Gasteiger partial charge in [-0.1, -0.05) is 19.9 Å². The Bertz CT molecular complexity index is 448. The van der Waals surface area contributed by atoms with Crippen LogP contribution < -0.4 is 5.32 Å². The molecule has 1 atom stereocenters. The number of amides is 2. The highest BCUT2D eigenvalue weighted by atomic mass is 16.4. The zero-order chi connectivity index (χ0) is 15.1. The fourth-order valence-corrected chi connectivity index (χ4v) is 1.69. The van der Waals surface area contributed by atoms with Gasteiger partial charge in [-0.2, -0.15) is 0 Å². The van der Waals surface area contributed by atoms with E-state index in [1.54, 1.807) is 27.1 Å². The number of nitrogens with one attached hydrogen (secondary N) is 1. The number of carboxylic acids is 1. The molecule has 0 aliphatic rings. The molecule has 110 valence electrons. The summed E-state index contributed by atoms with van der Waals surface area (Å²) in [6, 6.07) is 4.35. The van der Waals surface area contributed by atoms with Crippen molar-refractivity contribution in [2.75, 3.05) is 13.6 Å². The summed E-state index contributed by atoms with van der Waals surface area (Å²) in [5, 5.41) is 11.6. The van der Waals surface area contributed by atoms with E-state index in [0.29, 0.717) is 13.0 Å². The first kappa shape index (κ1) is 15.9. The third-order valence-corrected chi connectivity index (χ3v) is 2.99. The van der Waals surface area contributed by atoms with Gasteiger partial charge < -0.3 is 15.3 Å². The van der Waals surface area contributed by atoms with Crippen molar-refractivity contribution in [3.8, 4) is 0 Å². The number of carboxylic acid groups (broad SMARTS) is 1. The van der Waals surface area contributed by atoms with Crippen LogP contribution in [-0.4, -0.2) is 46.6 Å². The van der Waals surface area contributed by atoms with Crippen LogP contribution in [-0.2, 0) is 11.2 Å². The molecule has 6 heteroatoms. The van der Waals surface area contributed by atoms with Crippen molar-refractivity contribution in [3.63, 3.8) is 0 Å². The summed E-state index contributed by atoms with van der Waals surface area (Å²) in [5.74, 6) is -1.19. The summed E-state index contributed by atoms with van der Waals surface area (Å²) < 4.78 is 0. The molecule has 1 heterocycles. The first-order valence-corrected chi connectivity index (χ1v) is 6.56. The molecule has 0 radical (unpaired) electrons. The van der Waals surface area contributed by atoms with Crippen molar-refractivity contribution >= 4 is 12.0 Å². The van der Waals surface area contributed by atoms with Gasteiger partial charge in [0.1, 0.15) is 6.04 Å². The zero-order valence-corrected chi connectivity index (χ0v) is 12.0. The number of hydrogen-bond acceptors (Lipinski definition) is 3. The lowest BCUT2D eigenvalue weighted by atomic mass is 10.1. The van der Waals surface area contributed by atoms with E-state index in [-0.39, 0.29) is 11.9 Å². The molecule has 1 aromatic rings. The maximum Gasteiger partial charge on any atom is 0.326 e. The van der Waals surface area contributed by atoms with E-state index in [9.17, 15) is 9.59 Å². The van der Waals surface area contributed by atoms with Crippen molar-refractivity contribution in [3.05, 3.63) is 30.1 Å². The number of hydrogen-bond donors (Lipinski definition) is 2. The molecule has 0 spiro atoms. The third-order valence-electron chi connectivity index (χ3n) is 2.99. The Kier molecular flexibility index (Phi) is 5.96. The fourth-order valence-electron chi connectivity index (χ4n) is 1.69. The number of likely N-dealkylation sites (N-methyl/N-ethyl adjacent to an activating group) is 1. The smallest absolute Gasteiger partial charge is 0.326 e. The van der Waals surface area contributed by atoms with Crippen LogP contribution in [0.5, 0.6) is 0 Å². The number of aliphatic carboxylic acids is 1. The van der Waals surface area contributed by atoms with Crippen molar-refractivity contribution in [2.45, 2.75) is 26.3 Å². The van der Waals surface area contributed by atoms with E-state index < -0.39 is 12.0 Å². The molecule has 20 heavy (non-hydrogen) atoms. The highest BCUT2D eigenvalue weighted by Crippen LogP contribution is 2.03. The predicted molar refractivity (Wildman–Crippen MR) is 75.4 cm³/mol. The molecule has 0 aliphatic carbocycles. The maximum atomic E-state index is 11.9. The van der Waals surface area contributed by atoms with Crippen molar-refractivity contribution in [1.82, 2.24) is 15.2 Å². The lowest BCUT2D eigenvalue weighted by molar-refractivity contribution is -0.140. The molecule has 0 fully saturated rings. The molecule has 1 rings (SSSR count). The predicted octanol–water partition coefficient (Wildman–Crippen LogP) is 1.37. The Hall–Kier alpha value is -2.11. The summed E-state index contributed by atoms with van der Waals surface area (Å²) in [6.07, 6.45) is 2.33. The Morgan fingerprint density at radius 3 is 2.60 bits per heavy atom. The quantitative estimate of drug-likeness (QED) is 0.824. The van der Waals surface area contributed by atoms with Gasteiger partial charge in [0, 0.05) is 31.9 Å². The van der Waals surface area contributed by atoms with Gasteiger partial charge in [0.2, 0.25) is 0 Å². The summed E-state index contributed by atoms with van der Waals surface area (Å²) in [6.45, 7) is 3.99. The van der Waals surface area contributed by atoms with Gasteiger partial charge in [-0.25, -0.2) is 9.59 Å². The normalized spacial score (nSPS) is 12.0. The zero-order valence-electron chi connectivity index (χ0n) is 12.0. The molecule has 6 nitrogen and oxygen atoms in total. The second-order valence-corrected chi connectivity index (χ2v) is 5.00. The summed E-state index contributed by atoms with van der Waals surface area (Å²) in [7, 11) is 1.64. The monoisotopic (exact) mass is 279 g/mol. The highest BCUT2D eigenvalue weighted by molar-refractivity contribution is 5.82. The van der Waals surface area contributed by atoms with Crippen molar-refractivity contribution in [1.29, 1.82) is 0 Å². The van der Waals surface area contributed by atoms with Crippen LogP contribution in [0.4, 0.5) is 4.79 Å². The summed E-state index contributed by atoms with van der Waals surface area (Å²) in [5.41, 5.74) is 0.894. The van der Waals surface area contributed by atoms with Gasteiger partial charge in [-0.05, 0) is 18.1 Å². The summed E-state index contributed by atoms with van der Waals surface area (Å²) >= 11 is 0. The van der Waals surface area contributed by atoms with Crippen molar-refractivity contribution in [2.24, 2.45) is 5.92 Å². The van der Waals surface area contributed by atoms with Crippen LogP contribution in [0, 0.1) is 5.92 Å². The molecule has 0 saturated carbocycles. The first-order valence-electron chi connectivity index (χ1n) is 6.56. The standard InChI is InChI=1S/C14H21N3O3/c1-10(2)12(13(18)19)16-14(20)17(3)9-7-11-6-4-5-8-15-11/h4-6,8,10,12H,7,9H2,1-3H3,(H,16,20)(H,18,19)/t12-/m1/s1. The number of rotatable bonds is 6. The van der Waals surface area contributed by atoms with E-state index in [2.05, 4.69) is 10.3 Å². The van der Waals surface area contributed by atoms with E-state index >= 15 is 0 Å². The van der Waals surface area contributed by atoms with Crippen LogP contribution >= 0.6 is 0 Å². The number of pyridine rings is 1. The van der Waals surface area contributed by atoms with Gasteiger partial charge in [0.25, 0.3) is 0 Å².